The summed E-state index contributed by atoms with van der Waals surface area (Å²) in [6.45, 7) is 9.53. The third-order valence-electron chi connectivity index (χ3n) is 4.11. The highest BCUT2D eigenvalue weighted by Crippen LogP contribution is 2.32. The van der Waals surface area contributed by atoms with Gasteiger partial charge < -0.3 is 14.6 Å². The lowest BCUT2D eigenvalue weighted by Gasteiger charge is -2.28. The molecule has 1 aromatic carbocycles. The van der Waals surface area contributed by atoms with Crippen LogP contribution in [0.1, 0.15) is 52.2 Å². The maximum atomic E-state index is 12.6. The molecule has 0 heterocycles. The SMILES string of the molecule is CCOC(=O)C(CC(=O)O)(Cc1ccc(C(C)(C)C)cc1)C(=O)OCC. The van der Waals surface area contributed by atoms with E-state index in [4.69, 9.17) is 9.47 Å². The minimum atomic E-state index is -1.90. The first-order chi connectivity index (χ1) is 12.1. The molecule has 1 rings (SSSR count). The van der Waals surface area contributed by atoms with E-state index in [1.165, 1.54) is 0 Å². The summed E-state index contributed by atoms with van der Waals surface area (Å²) in [6.07, 6.45) is -0.785. The summed E-state index contributed by atoms with van der Waals surface area (Å²) in [4.78, 5) is 36.5. The number of aliphatic carboxylic acids is 1. The molecule has 0 bridgehead atoms. The van der Waals surface area contributed by atoms with Gasteiger partial charge in [-0.05, 0) is 36.8 Å². The Bertz CT molecular complexity index is 621. The normalized spacial score (nSPS) is 11.7. The fraction of sp³-hybridized carbons (Fsp3) is 0.550. The van der Waals surface area contributed by atoms with Crippen LogP contribution in [0.5, 0.6) is 0 Å². The predicted octanol–water partition coefficient (Wildman–Crippen LogP) is 3.11. The van der Waals surface area contributed by atoms with Crippen molar-refractivity contribution in [3.05, 3.63) is 35.4 Å². The molecule has 1 N–H and O–H groups in total. The molecule has 0 fully saturated rings. The third kappa shape index (κ3) is 5.31. The maximum absolute atomic E-state index is 12.6. The van der Waals surface area contributed by atoms with Crippen LogP contribution in [-0.4, -0.2) is 36.2 Å². The predicted molar refractivity (Wildman–Crippen MR) is 96.8 cm³/mol. The Hall–Kier alpha value is -2.37. The Morgan fingerprint density at radius 3 is 1.73 bits per heavy atom. The van der Waals surface area contributed by atoms with E-state index in [2.05, 4.69) is 20.8 Å². The first-order valence-corrected chi connectivity index (χ1v) is 8.72. The van der Waals surface area contributed by atoms with Crippen LogP contribution in [0.3, 0.4) is 0 Å². The molecule has 0 aliphatic rings. The fourth-order valence-corrected chi connectivity index (χ4v) is 2.70. The minimum Gasteiger partial charge on any atom is -0.481 e. The topological polar surface area (TPSA) is 89.9 Å². The van der Waals surface area contributed by atoms with Crippen LogP contribution >= 0.6 is 0 Å². The Labute approximate surface area is 154 Å². The maximum Gasteiger partial charge on any atom is 0.324 e. The Kier molecular flexibility index (Phi) is 7.36. The quantitative estimate of drug-likeness (QED) is 0.563. The summed E-state index contributed by atoms with van der Waals surface area (Å²) < 4.78 is 10.0. The number of hydrogen-bond donors (Lipinski definition) is 1. The number of ether oxygens (including phenoxy) is 2. The van der Waals surface area contributed by atoms with Crippen molar-refractivity contribution in [1.29, 1.82) is 0 Å². The minimum absolute atomic E-state index is 0.0427. The van der Waals surface area contributed by atoms with Gasteiger partial charge in [0.2, 0.25) is 0 Å². The van der Waals surface area contributed by atoms with E-state index in [1.807, 2.05) is 12.1 Å². The summed E-state index contributed by atoms with van der Waals surface area (Å²) >= 11 is 0. The van der Waals surface area contributed by atoms with E-state index in [0.29, 0.717) is 5.56 Å². The van der Waals surface area contributed by atoms with E-state index in [9.17, 15) is 19.5 Å². The number of carbonyl (C=O) groups excluding carboxylic acids is 2. The lowest BCUT2D eigenvalue weighted by Crippen LogP contribution is -2.45. The van der Waals surface area contributed by atoms with Gasteiger partial charge in [-0.25, -0.2) is 0 Å². The molecular formula is C20H28O6. The van der Waals surface area contributed by atoms with E-state index >= 15 is 0 Å². The highest BCUT2D eigenvalue weighted by molar-refractivity contribution is 6.03. The zero-order valence-electron chi connectivity index (χ0n) is 16.1. The van der Waals surface area contributed by atoms with Gasteiger partial charge in [-0.1, -0.05) is 45.0 Å². The van der Waals surface area contributed by atoms with Gasteiger partial charge in [-0.15, -0.1) is 0 Å². The Morgan fingerprint density at radius 1 is 0.923 bits per heavy atom. The van der Waals surface area contributed by atoms with Crippen molar-refractivity contribution in [1.82, 2.24) is 0 Å². The molecule has 0 aromatic heterocycles. The van der Waals surface area contributed by atoms with E-state index < -0.39 is 29.7 Å². The molecule has 0 aliphatic carbocycles. The van der Waals surface area contributed by atoms with Crippen LogP contribution in [-0.2, 0) is 35.7 Å². The number of carbonyl (C=O) groups is 3. The molecule has 0 aliphatic heterocycles. The van der Waals surface area contributed by atoms with Crippen molar-refractivity contribution in [3.8, 4) is 0 Å². The monoisotopic (exact) mass is 364 g/mol. The zero-order chi connectivity index (χ0) is 20.0. The van der Waals surface area contributed by atoms with Crippen LogP contribution in [0.25, 0.3) is 0 Å². The van der Waals surface area contributed by atoms with Gasteiger partial charge in [-0.3, -0.25) is 14.4 Å². The summed E-state index contributed by atoms with van der Waals surface area (Å²) in [5.74, 6) is -3.01. The Balaban J connectivity index is 3.31. The largest absolute Gasteiger partial charge is 0.481 e. The summed E-state index contributed by atoms with van der Waals surface area (Å²) in [5, 5.41) is 9.30. The lowest BCUT2D eigenvalue weighted by atomic mass is 9.77. The lowest BCUT2D eigenvalue weighted by molar-refractivity contribution is -0.176. The van der Waals surface area contributed by atoms with E-state index in [0.717, 1.165) is 5.56 Å². The highest BCUT2D eigenvalue weighted by Gasteiger charge is 2.50. The number of carboxylic acids is 1. The first-order valence-electron chi connectivity index (χ1n) is 8.72. The third-order valence-corrected chi connectivity index (χ3v) is 4.11. The first kappa shape index (κ1) is 21.7. The van der Waals surface area contributed by atoms with Gasteiger partial charge in [0.05, 0.1) is 19.6 Å². The Morgan fingerprint density at radius 2 is 1.38 bits per heavy atom. The van der Waals surface area contributed by atoms with Crippen LogP contribution in [0.15, 0.2) is 24.3 Å². The van der Waals surface area contributed by atoms with Crippen molar-refractivity contribution >= 4 is 17.9 Å². The standard InChI is InChI=1S/C20H28O6/c1-6-25-17(23)20(13-16(21)22,18(24)26-7-2)12-14-8-10-15(11-9-14)19(3,4)5/h8-11H,6-7,12-13H2,1-5H3,(H,21,22). The molecule has 0 unspecified atom stereocenters. The van der Waals surface area contributed by atoms with Crippen LogP contribution in [0, 0.1) is 5.41 Å². The number of rotatable bonds is 8. The molecule has 6 heteroatoms. The van der Waals surface area contributed by atoms with Crippen molar-refractivity contribution in [2.75, 3.05) is 13.2 Å². The van der Waals surface area contributed by atoms with Gasteiger partial charge in [0.25, 0.3) is 0 Å². The van der Waals surface area contributed by atoms with Gasteiger partial charge in [-0.2, -0.15) is 0 Å². The highest BCUT2D eigenvalue weighted by atomic mass is 16.6. The van der Waals surface area contributed by atoms with Gasteiger partial charge in [0, 0.05) is 0 Å². The second kappa shape index (κ2) is 8.83. The molecule has 0 atom stereocenters. The molecule has 144 valence electrons. The molecule has 0 saturated heterocycles. The summed E-state index contributed by atoms with van der Waals surface area (Å²) in [7, 11) is 0. The molecular weight excluding hydrogens is 336 g/mol. The average molecular weight is 364 g/mol. The van der Waals surface area contributed by atoms with Crippen molar-refractivity contribution in [2.45, 2.75) is 52.9 Å². The fourth-order valence-electron chi connectivity index (χ4n) is 2.70. The van der Waals surface area contributed by atoms with E-state index in [1.54, 1.807) is 26.0 Å². The van der Waals surface area contributed by atoms with Crippen molar-refractivity contribution in [2.24, 2.45) is 5.41 Å². The molecule has 1 aromatic rings. The van der Waals surface area contributed by atoms with Crippen molar-refractivity contribution in [3.63, 3.8) is 0 Å². The number of esters is 2. The second-order valence-corrected chi connectivity index (χ2v) is 7.22. The molecule has 0 amide bonds. The smallest absolute Gasteiger partial charge is 0.324 e. The van der Waals surface area contributed by atoms with Crippen LogP contribution in [0.4, 0.5) is 0 Å². The van der Waals surface area contributed by atoms with Gasteiger partial charge in [0.1, 0.15) is 0 Å². The van der Waals surface area contributed by atoms with E-state index in [-0.39, 0.29) is 25.0 Å². The second-order valence-electron chi connectivity index (χ2n) is 7.22. The van der Waals surface area contributed by atoms with Crippen LogP contribution < -0.4 is 0 Å². The molecule has 0 radical (unpaired) electrons. The number of carboxylic acid groups (broad SMARTS) is 1. The number of benzene rings is 1. The van der Waals surface area contributed by atoms with Crippen molar-refractivity contribution < 1.29 is 29.0 Å². The molecule has 26 heavy (non-hydrogen) atoms. The van der Waals surface area contributed by atoms with Crippen LogP contribution in [0.2, 0.25) is 0 Å². The average Bonchev–Trinajstić information content (AvgIpc) is 2.53. The molecule has 6 nitrogen and oxygen atoms in total. The summed E-state index contributed by atoms with van der Waals surface area (Å²) in [6, 6.07) is 7.43. The van der Waals surface area contributed by atoms with Gasteiger partial charge >= 0.3 is 17.9 Å². The summed E-state index contributed by atoms with van der Waals surface area (Å²) in [5.41, 5.74) is -0.183. The molecule has 0 saturated carbocycles. The van der Waals surface area contributed by atoms with Gasteiger partial charge in [0.15, 0.2) is 5.41 Å². The zero-order valence-corrected chi connectivity index (χ0v) is 16.1. The molecule has 0 spiro atoms. The number of hydrogen-bond acceptors (Lipinski definition) is 5.